The summed E-state index contributed by atoms with van der Waals surface area (Å²) < 4.78 is 15.8. The minimum atomic E-state index is -0.215. The molecule has 6 heteroatoms. The number of fused-ring (bicyclic) bond motifs is 3. The standard InChI is InChI=1S/C16H18FN5/c1-11-9-12-14(10-13(11)17)19-16(22-15(12)3-4-18-22)21-7-5-20(2)6-8-21/h3-4,9-10H,5-8H2,1-2H3. The summed E-state index contributed by atoms with van der Waals surface area (Å²) in [6, 6.07) is 5.33. The minimum Gasteiger partial charge on any atom is -0.338 e. The van der Waals surface area contributed by atoms with Crippen molar-refractivity contribution in [1.82, 2.24) is 19.5 Å². The Kier molecular flexibility index (Phi) is 3.00. The van der Waals surface area contributed by atoms with E-state index in [9.17, 15) is 4.39 Å². The number of rotatable bonds is 1. The number of hydrogen-bond donors (Lipinski definition) is 0. The molecule has 22 heavy (non-hydrogen) atoms. The number of aromatic nitrogens is 3. The molecule has 3 aromatic rings. The Hall–Kier alpha value is -2.21. The van der Waals surface area contributed by atoms with Crippen molar-refractivity contribution >= 4 is 22.4 Å². The lowest BCUT2D eigenvalue weighted by Gasteiger charge is -2.33. The maximum absolute atomic E-state index is 13.9. The lowest BCUT2D eigenvalue weighted by Crippen LogP contribution is -2.45. The summed E-state index contributed by atoms with van der Waals surface area (Å²) in [6.45, 7) is 5.56. The van der Waals surface area contributed by atoms with Gasteiger partial charge in [0.15, 0.2) is 0 Å². The van der Waals surface area contributed by atoms with Gasteiger partial charge in [-0.25, -0.2) is 9.37 Å². The number of halogens is 1. The molecule has 1 aliphatic rings. The predicted molar refractivity (Wildman–Crippen MR) is 84.9 cm³/mol. The van der Waals surface area contributed by atoms with Gasteiger partial charge in [0.05, 0.1) is 17.2 Å². The number of anilines is 1. The van der Waals surface area contributed by atoms with Crippen molar-refractivity contribution in [3.05, 3.63) is 35.8 Å². The van der Waals surface area contributed by atoms with Gasteiger partial charge in [0.2, 0.25) is 5.95 Å². The predicted octanol–water partition coefficient (Wildman–Crippen LogP) is 2.08. The van der Waals surface area contributed by atoms with Crippen molar-refractivity contribution in [3.63, 3.8) is 0 Å². The molecule has 114 valence electrons. The van der Waals surface area contributed by atoms with Gasteiger partial charge in [0.1, 0.15) is 5.82 Å². The van der Waals surface area contributed by atoms with Crippen molar-refractivity contribution in [2.24, 2.45) is 0 Å². The second-order valence-corrected chi connectivity index (χ2v) is 5.95. The van der Waals surface area contributed by atoms with E-state index in [1.807, 2.05) is 16.6 Å². The van der Waals surface area contributed by atoms with Crippen molar-refractivity contribution in [2.45, 2.75) is 6.92 Å². The second kappa shape index (κ2) is 4.91. The molecule has 3 heterocycles. The zero-order valence-electron chi connectivity index (χ0n) is 12.8. The zero-order chi connectivity index (χ0) is 15.3. The molecule has 0 bridgehead atoms. The molecule has 0 spiro atoms. The summed E-state index contributed by atoms with van der Waals surface area (Å²) in [5.41, 5.74) is 2.29. The van der Waals surface area contributed by atoms with Crippen LogP contribution in [0.1, 0.15) is 5.56 Å². The lowest BCUT2D eigenvalue weighted by atomic mass is 10.1. The van der Waals surface area contributed by atoms with Crippen LogP contribution in [0.15, 0.2) is 24.4 Å². The van der Waals surface area contributed by atoms with E-state index in [4.69, 9.17) is 4.98 Å². The Bertz CT molecular complexity index is 848. The smallest absolute Gasteiger partial charge is 0.227 e. The molecule has 0 amide bonds. The fraction of sp³-hybridized carbons (Fsp3) is 0.375. The largest absolute Gasteiger partial charge is 0.338 e. The van der Waals surface area contributed by atoms with Crippen LogP contribution in [0.4, 0.5) is 10.3 Å². The average molecular weight is 299 g/mol. The first-order chi connectivity index (χ1) is 10.6. The van der Waals surface area contributed by atoms with E-state index in [0.29, 0.717) is 11.1 Å². The SMILES string of the molecule is Cc1cc2c(cc1F)nc(N1CCN(C)CC1)n1nccc21. The van der Waals surface area contributed by atoms with Crippen molar-refractivity contribution in [3.8, 4) is 0 Å². The first kappa shape index (κ1) is 13.5. The third kappa shape index (κ3) is 2.02. The van der Waals surface area contributed by atoms with Gasteiger partial charge in [-0.2, -0.15) is 9.61 Å². The fourth-order valence-electron chi connectivity index (χ4n) is 3.00. The molecule has 0 unspecified atom stereocenters. The normalized spacial score (nSPS) is 16.8. The Balaban J connectivity index is 1.93. The number of benzene rings is 1. The van der Waals surface area contributed by atoms with E-state index < -0.39 is 0 Å². The topological polar surface area (TPSA) is 36.7 Å². The molecule has 0 radical (unpaired) electrons. The number of hydrogen-bond acceptors (Lipinski definition) is 4. The van der Waals surface area contributed by atoms with Crippen LogP contribution in [0.5, 0.6) is 0 Å². The van der Waals surface area contributed by atoms with Crippen LogP contribution in [-0.2, 0) is 0 Å². The van der Waals surface area contributed by atoms with E-state index in [0.717, 1.165) is 43.0 Å². The van der Waals surface area contributed by atoms with Gasteiger partial charge < -0.3 is 9.80 Å². The Labute approximate surface area is 128 Å². The highest BCUT2D eigenvalue weighted by atomic mass is 19.1. The minimum absolute atomic E-state index is 0.215. The van der Waals surface area contributed by atoms with Gasteiger partial charge in [-0.05, 0) is 31.7 Å². The molecule has 1 aromatic carbocycles. The Morgan fingerprint density at radius 2 is 1.91 bits per heavy atom. The highest BCUT2D eigenvalue weighted by molar-refractivity contribution is 5.95. The average Bonchev–Trinajstić information content (AvgIpc) is 2.99. The molecule has 0 aliphatic carbocycles. The molecular weight excluding hydrogens is 281 g/mol. The fourth-order valence-corrected chi connectivity index (χ4v) is 3.00. The summed E-state index contributed by atoms with van der Waals surface area (Å²) in [5.74, 6) is 0.581. The Morgan fingerprint density at radius 3 is 2.68 bits per heavy atom. The van der Waals surface area contributed by atoms with Crippen molar-refractivity contribution in [2.75, 3.05) is 38.1 Å². The summed E-state index contributed by atoms with van der Waals surface area (Å²) in [6.07, 6.45) is 1.77. The van der Waals surface area contributed by atoms with Crippen molar-refractivity contribution in [1.29, 1.82) is 0 Å². The number of nitrogens with zero attached hydrogens (tertiary/aromatic N) is 5. The third-order valence-electron chi connectivity index (χ3n) is 4.39. The molecule has 0 saturated carbocycles. The number of likely N-dealkylation sites (N-methyl/N-ethyl adjacent to an activating group) is 1. The van der Waals surface area contributed by atoms with Crippen LogP contribution in [-0.4, -0.2) is 52.7 Å². The Morgan fingerprint density at radius 1 is 1.14 bits per heavy atom. The maximum atomic E-state index is 13.9. The molecule has 4 rings (SSSR count). The summed E-state index contributed by atoms with van der Waals surface area (Å²) in [4.78, 5) is 9.21. The molecule has 1 fully saturated rings. The van der Waals surface area contributed by atoms with Crippen LogP contribution in [0.25, 0.3) is 16.4 Å². The highest BCUT2D eigenvalue weighted by Crippen LogP contribution is 2.26. The van der Waals surface area contributed by atoms with E-state index >= 15 is 0 Å². The summed E-state index contributed by atoms with van der Waals surface area (Å²) in [5, 5.41) is 5.36. The van der Waals surface area contributed by atoms with Gasteiger partial charge in [0.25, 0.3) is 0 Å². The summed E-state index contributed by atoms with van der Waals surface area (Å²) in [7, 11) is 2.12. The van der Waals surface area contributed by atoms with E-state index in [2.05, 4.69) is 21.9 Å². The van der Waals surface area contributed by atoms with Gasteiger partial charge >= 0.3 is 0 Å². The summed E-state index contributed by atoms with van der Waals surface area (Å²) >= 11 is 0. The van der Waals surface area contributed by atoms with Gasteiger partial charge in [-0.3, -0.25) is 0 Å². The van der Waals surface area contributed by atoms with Gasteiger partial charge in [-0.1, -0.05) is 0 Å². The van der Waals surface area contributed by atoms with Crippen LogP contribution < -0.4 is 4.90 Å². The zero-order valence-corrected chi connectivity index (χ0v) is 12.8. The molecule has 1 aliphatic heterocycles. The van der Waals surface area contributed by atoms with Crippen LogP contribution in [0.3, 0.4) is 0 Å². The van der Waals surface area contributed by atoms with Gasteiger partial charge in [-0.15, -0.1) is 0 Å². The van der Waals surface area contributed by atoms with E-state index in [1.165, 1.54) is 6.07 Å². The first-order valence-electron chi connectivity index (χ1n) is 7.50. The molecule has 1 saturated heterocycles. The van der Waals surface area contributed by atoms with Crippen LogP contribution >= 0.6 is 0 Å². The lowest BCUT2D eigenvalue weighted by molar-refractivity contribution is 0.310. The quantitative estimate of drug-likeness (QED) is 0.689. The maximum Gasteiger partial charge on any atom is 0.227 e. The highest BCUT2D eigenvalue weighted by Gasteiger charge is 2.20. The van der Waals surface area contributed by atoms with Crippen molar-refractivity contribution < 1.29 is 4.39 Å². The van der Waals surface area contributed by atoms with Crippen LogP contribution in [0.2, 0.25) is 0 Å². The molecule has 5 nitrogen and oxygen atoms in total. The number of aryl methyl sites for hydroxylation is 1. The molecule has 0 N–H and O–H groups in total. The van der Waals surface area contributed by atoms with E-state index in [1.54, 1.807) is 13.1 Å². The molecule has 0 atom stereocenters. The first-order valence-corrected chi connectivity index (χ1v) is 7.50. The molecule has 2 aromatic heterocycles. The second-order valence-electron chi connectivity index (χ2n) is 5.95. The van der Waals surface area contributed by atoms with Gasteiger partial charge in [0, 0.05) is 37.6 Å². The number of piperazine rings is 1. The monoisotopic (exact) mass is 299 g/mol. The molecular formula is C16H18FN5. The van der Waals surface area contributed by atoms with E-state index in [-0.39, 0.29) is 5.82 Å². The van der Waals surface area contributed by atoms with Crippen LogP contribution in [0, 0.1) is 12.7 Å². The third-order valence-corrected chi connectivity index (χ3v) is 4.39.